The zero-order valence-electron chi connectivity index (χ0n) is 66.2. The van der Waals surface area contributed by atoms with E-state index in [1.807, 2.05) is 48.5 Å². The van der Waals surface area contributed by atoms with Crippen molar-refractivity contribution in [3.8, 4) is 33.6 Å². The lowest BCUT2D eigenvalue weighted by Crippen LogP contribution is -2.41. The van der Waals surface area contributed by atoms with Crippen LogP contribution in [0.2, 0.25) is 25.1 Å². The number of aromatic nitrogens is 9. The van der Waals surface area contributed by atoms with Crippen LogP contribution in [0.4, 0.5) is 62.3 Å². The molecule has 2 amide bonds. The van der Waals surface area contributed by atoms with Crippen LogP contribution in [0, 0.1) is 63.2 Å². The molecule has 6 aromatic carbocycles. The molecule has 11 aromatic rings. The van der Waals surface area contributed by atoms with Crippen molar-refractivity contribution in [3.63, 3.8) is 0 Å². The van der Waals surface area contributed by atoms with Crippen LogP contribution in [0.15, 0.2) is 110 Å². The van der Waals surface area contributed by atoms with E-state index in [0.29, 0.717) is 174 Å². The lowest BCUT2D eigenvalue weighted by molar-refractivity contribution is -0.117. The maximum absolute atomic E-state index is 15.0. The van der Waals surface area contributed by atoms with E-state index in [1.54, 1.807) is 51.7 Å². The Balaban J connectivity index is 0.000000133. The Hall–Kier alpha value is -8.26. The van der Waals surface area contributed by atoms with E-state index in [0.717, 1.165) is 76.6 Å². The fourth-order valence-corrected chi connectivity index (χ4v) is 18.3. The van der Waals surface area contributed by atoms with E-state index in [9.17, 15) is 49.1 Å². The third-order valence-electron chi connectivity index (χ3n) is 21.5. The number of rotatable bonds is 7. The van der Waals surface area contributed by atoms with E-state index in [1.165, 1.54) is 42.2 Å². The highest BCUT2D eigenvalue weighted by Gasteiger charge is 2.52. The molecule has 39 heteroatoms. The van der Waals surface area contributed by atoms with Crippen molar-refractivity contribution in [1.29, 1.82) is 10.8 Å². The summed E-state index contributed by atoms with van der Waals surface area (Å²) in [6, 6.07) is 11.6. The summed E-state index contributed by atoms with van der Waals surface area (Å²) in [6.45, 7) is 13.5. The largest absolute Gasteiger partial charge is 0.496 e. The van der Waals surface area contributed by atoms with Crippen LogP contribution in [0.1, 0.15) is 136 Å². The minimum absolute atomic E-state index is 0.00503. The Bertz CT molecular complexity index is 5810. The van der Waals surface area contributed by atoms with Gasteiger partial charge in [-0.15, -0.1) is 20.4 Å². The molecule has 5 aromatic heterocycles. The molecule has 0 radical (unpaired) electrons. The summed E-state index contributed by atoms with van der Waals surface area (Å²) in [4.78, 5) is 35.7. The van der Waals surface area contributed by atoms with Gasteiger partial charge in [0.1, 0.15) is 78.5 Å². The summed E-state index contributed by atoms with van der Waals surface area (Å²) >= 11 is 47.6. The number of amidine groups is 1. The number of nitrogens with one attached hydrogen (secondary N) is 5. The minimum atomic E-state index is -0.584. The van der Waals surface area contributed by atoms with Gasteiger partial charge in [0.2, 0.25) is 11.8 Å². The summed E-state index contributed by atoms with van der Waals surface area (Å²) in [5.41, 5.74) is 11.4. The Morgan fingerprint density at radius 2 is 0.862 bits per heavy atom. The smallest absolute Gasteiger partial charge is 0.399 e. The van der Waals surface area contributed by atoms with Crippen molar-refractivity contribution >= 4 is 198 Å². The Morgan fingerprint density at radius 3 is 1.35 bits per heavy atom. The molecule has 0 aliphatic carbocycles. The van der Waals surface area contributed by atoms with Gasteiger partial charge < -0.3 is 25.3 Å². The van der Waals surface area contributed by atoms with Gasteiger partial charge in [0.25, 0.3) is 0 Å². The van der Waals surface area contributed by atoms with Gasteiger partial charge in [-0.3, -0.25) is 49.4 Å². The highest BCUT2D eigenvalue weighted by molar-refractivity contribution is 9.11. The predicted molar refractivity (Wildman–Crippen MR) is 479 cm³/mol. The summed E-state index contributed by atoms with van der Waals surface area (Å²) in [5.74, 6) is -2.65. The predicted octanol–water partition coefficient (Wildman–Crippen LogP) is 23.0. The summed E-state index contributed by atoms with van der Waals surface area (Å²) in [6.07, 6.45) is 21.3. The van der Waals surface area contributed by atoms with Crippen LogP contribution in [0.5, 0.6) is 0 Å². The first-order valence-electron chi connectivity index (χ1n) is 38.2. The number of hydrogen-bond acceptors (Lipinski definition) is 14. The molecular formula is C84H72BBr4Cl5F9N15O4S. The first-order chi connectivity index (χ1) is 58.4. The van der Waals surface area contributed by atoms with Crippen molar-refractivity contribution in [3.05, 3.63) is 249 Å². The van der Waals surface area contributed by atoms with E-state index < -0.39 is 59.0 Å². The molecular weight excluding hydrogens is 1990 g/mol. The molecule has 0 spiro atoms. The zero-order valence-corrected chi connectivity index (χ0v) is 77.2. The van der Waals surface area contributed by atoms with E-state index in [-0.39, 0.29) is 65.5 Å². The molecule has 0 saturated carbocycles. The van der Waals surface area contributed by atoms with Gasteiger partial charge in [0.05, 0.1) is 87.4 Å². The Kier molecular flexibility index (Phi) is 30.3. The third-order valence-corrected chi connectivity index (χ3v) is 25.9. The van der Waals surface area contributed by atoms with Gasteiger partial charge in [0.15, 0.2) is 29.1 Å². The van der Waals surface area contributed by atoms with E-state index in [4.69, 9.17) is 90.3 Å². The van der Waals surface area contributed by atoms with Crippen molar-refractivity contribution in [2.45, 2.75) is 156 Å². The van der Waals surface area contributed by atoms with Gasteiger partial charge in [0, 0.05) is 90.5 Å². The van der Waals surface area contributed by atoms with Crippen LogP contribution in [0.25, 0.3) is 33.6 Å². The molecule has 19 nitrogen and oxygen atoms in total. The maximum Gasteiger partial charge on any atom is 0.496 e. The van der Waals surface area contributed by atoms with Crippen LogP contribution in [0.3, 0.4) is 0 Å². The van der Waals surface area contributed by atoms with Gasteiger partial charge in [-0.2, -0.15) is 0 Å². The molecule has 18 rings (SSSR count). The molecule has 123 heavy (non-hydrogen) atoms. The lowest BCUT2D eigenvalue weighted by atomic mass is 9.76. The van der Waals surface area contributed by atoms with Gasteiger partial charge >= 0.3 is 7.12 Å². The van der Waals surface area contributed by atoms with E-state index >= 15 is 0 Å². The number of halogens is 18. The first-order valence-corrected chi connectivity index (χ1v) is 43.7. The number of carbonyl (C=O) groups excluding carboxylic acids is 2. The molecule has 0 atom stereocenters. The number of anilines is 4. The fraction of sp³-hybridized carbons (Fsp3) is 0.286. The number of carbonyl (C=O) groups is 2. The number of aryl methyl sites for hydroxylation is 8. The second kappa shape index (κ2) is 39.7. The fourth-order valence-electron chi connectivity index (χ4n) is 14.4. The Labute approximate surface area is 765 Å². The third kappa shape index (κ3) is 20.0. The molecule has 7 aliphatic heterocycles. The topological polar surface area (TPSA) is 240 Å². The quantitative estimate of drug-likeness (QED) is 0.0249. The highest BCUT2D eigenvalue weighted by Crippen LogP contribution is 2.45. The number of benzene rings is 6. The first kappa shape index (κ1) is 93.9. The van der Waals surface area contributed by atoms with Crippen LogP contribution >= 0.6 is 134 Å². The monoisotopic (exact) mass is 2060 g/mol. The number of pyridine rings is 3. The number of fused-ring (bicyclic) bond motifs is 10. The van der Waals surface area contributed by atoms with Gasteiger partial charge in [-0.25, -0.2) is 39.5 Å². The molecule has 5 N–H and O–H groups in total. The molecule has 7 aliphatic rings. The molecule has 0 bridgehead atoms. The van der Waals surface area contributed by atoms with Crippen LogP contribution < -0.4 is 26.3 Å². The average molecular weight is 2070 g/mol. The number of thiocarbonyl (C=S) groups is 1. The number of amides is 2. The van der Waals surface area contributed by atoms with Crippen molar-refractivity contribution in [2.24, 2.45) is 0 Å². The molecule has 1 saturated heterocycles. The van der Waals surface area contributed by atoms with Crippen LogP contribution in [-0.2, 0) is 89.5 Å². The summed E-state index contributed by atoms with van der Waals surface area (Å²) in [7, 11) is -0.548. The van der Waals surface area contributed by atoms with Crippen LogP contribution in [-0.4, -0.2) is 91.8 Å². The maximum atomic E-state index is 15.0. The Morgan fingerprint density at radius 1 is 0.463 bits per heavy atom. The normalized spacial score (nSPS) is 15.1. The van der Waals surface area contributed by atoms with Gasteiger partial charge in [-0.05, 0) is 242 Å². The lowest BCUT2D eigenvalue weighted by Gasteiger charge is -2.32. The standard InChI is InChI=1S/2C17H13ClF2N4.C13H19BFNO2.C10H8BrClFN3.C9H6BrClFNO.C9H6BrClFNS.C9H7BrFNO/c2*1-2-10-12(6-21-7-13(10)19)11-5-9-3-4-14-23-22-8-24(14)17(9)15(18)16(11)20;1-6-9-10(7-16-8-11(9)15)14-17-12(2,3)13(4,5)18-14;11-6-3-5-1-2-7(15)16(4-14)10(5)8(12)9(6)13;2*10-5-3-4-1-2-6(14)13-9(4)7(11)8(5)12;10-6-3-5-1-2-9(13)12-8(5)4-7(6)11/h2*5-8H,2-4H2,1H3;7-8H,6H2,1-5H3;3-4,14-15H,1-2H2;2*3H,1-2H2,(H,13,14);3-4H,1-2H2,(H,12,13). The number of hydrogen-bond donors (Lipinski definition) is 5. The van der Waals surface area contributed by atoms with E-state index in [2.05, 4.69) is 115 Å². The van der Waals surface area contributed by atoms with Crippen molar-refractivity contribution in [1.82, 2.24) is 44.5 Å². The zero-order chi connectivity index (χ0) is 89.1. The SMILES string of the molecule is CCc1c(F)cncc1-c1cc2c(c(Cl)c1F)-n1cnnc1CC2.CCc1c(F)cncc1-c1cc2c(c(Cl)c1F)-n1cnnc1CC2.CCc1c(F)cncc1B1OC(C)(C)C(C)(C)O1.Fc1c(Br)cc2c(c1Cl)NC(=S)CC2.N=CN1C(=N)CCc2cc(Br)c(F)c(Cl)c21.O=C1CCc2cc(Br)c(F)c(Cl)c2N1.O=C1CCc2cc(Br)c(F)cc2N1. The molecule has 642 valence electrons. The summed E-state index contributed by atoms with van der Waals surface area (Å²) in [5, 5.41) is 38.8. The average Bonchev–Trinajstić information content (AvgIpc) is 1.74. The van der Waals surface area contributed by atoms with Gasteiger partial charge in [-0.1, -0.05) is 91.0 Å². The molecule has 12 heterocycles. The second-order valence-corrected chi connectivity index (χ2v) is 35.3. The minimum Gasteiger partial charge on any atom is -0.399 e. The molecule has 0 unspecified atom stereocenters. The highest BCUT2D eigenvalue weighted by atomic mass is 79.9. The number of nitrogens with zero attached hydrogens (tertiary/aromatic N) is 10. The summed E-state index contributed by atoms with van der Waals surface area (Å²) < 4.78 is 142. The molecule has 1 fully saturated rings. The van der Waals surface area contributed by atoms with Crippen molar-refractivity contribution < 1.29 is 58.4 Å². The second-order valence-electron chi connectivity index (χ2n) is 29.5. The van der Waals surface area contributed by atoms with Crippen molar-refractivity contribution in [2.75, 3.05) is 20.9 Å².